The molecule has 0 heterocycles. The lowest BCUT2D eigenvalue weighted by Gasteiger charge is -2.06. The van der Waals surface area contributed by atoms with Gasteiger partial charge in [-0.2, -0.15) is 5.26 Å². The molecule has 0 aromatic heterocycles. The van der Waals surface area contributed by atoms with Crippen molar-refractivity contribution in [1.29, 1.82) is 5.26 Å². The minimum Gasteiger partial charge on any atom is -0.312 e. The van der Waals surface area contributed by atoms with Crippen LogP contribution in [0.5, 0.6) is 0 Å². The normalized spacial score (nSPS) is 9.50. The second kappa shape index (κ2) is 5.85. The van der Waals surface area contributed by atoms with Gasteiger partial charge in [-0.3, -0.25) is 0 Å². The van der Waals surface area contributed by atoms with Gasteiger partial charge >= 0.3 is 0 Å². The molecular weight excluding hydrogens is 210 g/mol. The zero-order valence-corrected chi connectivity index (χ0v) is 8.56. The number of nitriles is 1. The van der Waals surface area contributed by atoms with E-state index >= 15 is 0 Å². The molecule has 1 rings (SSSR count). The van der Waals surface area contributed by atoms with Gasteiger partial charge in [0.05, 0.1) is 11.6 Å². The summed E-state index contributed by atoms with van der Waals surface area (Å²) in [5, 5.41) is 11.3. The molecular formula is C12H10F2N2. The van der Waals surface area contributed by atoms with Gasteiger partial charge in [-0.25, -0.2) is 8.78 Å². The number of terminal acetylenes is 1. The summed E-state index contributed by atoms with van der Waals surface area (Å²) in [4.78, 5) is 0. The molecule has 0 aliphatic carbocycles. The first-order valence-electron chi connectivity index (χ1n) is 4.71. The average molecular weight is 220 g/mol. The second-order valence-electron chi connectivity index (χ2n) is 3.16. The van der Waals surface area contributed by atoms with Crippen LogP contribution in [0, 0.1) is 35.3 Å². The molecule has 0 fully saturated rings. The Morgan fingerprint density at radius 3 is 2.44 bits per heavy atom. The monoisotopic (exact) mass is 220 g/mol. The van der Waals surface area contributed by atoms with Crippen molar-refractivity contribution < 1.29 is 8.78 Å². The summed E-state index contributed by atoms with van der Waals surface area (Å²) in [5.41, 5.74) is -0.0987. The molecule has 0 atom stereocenters. The number of hydrogen-bond acceptors (Lipinski definition) is 2. The number of hydrogen-bond donors (Lipinski definition) is 1. The van der Waals surface area contributed by atoms with Crippen LogP contribution in [0.1, 0.15) is 17.5 Å². The van der Waals surface area contributed by atoms with Crippen LogP contribution in [-0.2, 0) is 6.54 Å². The molecule has 0 aliphatic heterocycles. The number of halogens is 2. The fourth-order valence-corrected chi connectivity index (χ4v) is 1.21. The van der Waals surface area contributed by atoms with Gasteiger partial charge < -0.3 is 5.32 Å². The van der Waals surface area contributed by atoms with Crippen LogP contribution >= 0.6 is 0 Å². The maximum absolute atomic E-state index is 13.3. The summed E-state index contributed by atoms with van der Waals surface area (Å²) in [6.45, 7) is 0.556. The predicted octanol–water partition coefficient (Wildman–Crippen LogP) is 1.95. The van der Waals surface area contributed by atoms with Crippen molar-refractivity contribution in [2.45, 2.75) is 13.0 Å². The summed E-state index contributed by atoms with van der Waals surface area (Å²) in [6, 6.07) is 3.72. The van der Waals surface area contributed by atoms with Crippen molar-refractivity contribution in [1.82, 2.24) is 5.32 Å². The molecule has 0 radical (unpaired) electrons. The van der Waals surface area contributed by atoms with Crippen LogP contribution in [0.3, 0.4) is 0 Å². The molecule has 0 saturated carbocycles. The Balaban J connectivity index is 2.74. The molecule has 1 aromatic rings. The third kappa shape index (κ3) is 3.05. The van der Waals surface area contributed by atoms with Crippen LogP contribution in [0.15, 0.2) is 12.1 Å². The summed E-state index contributed by atoms with van der Waals surface area (Å²) in [5.74, 6) is 0.973. The second-order valence-corrected chi connectivity index (χ2v) is 3.16. The zero-order valence-electron chi connectivity index (χ0n) is 8.56. The molecule has 4 heteroatoms. The molecule has 0 amide bonds. The van der Waals surface area contributed by atoms with Crippen LogP contribution in [0.2, 0.25) is 0 Å². The number of nitrogens with zero attached hydrogens (tertiary/aromatic N) is 1. The van der Waals surface area contributed by atoms with Gasteiger partial charge in [0.15, 0.2) is 0 Å². The molecule has 1 aromatic carbocycles. The smallest absolute Gasteiger partial charge is 0.131 e. The van der Waals surface area contributed by atoms with Crippen LogP contribution in [0.25, 0.3) is 0 Å². The first kappa shape index (κ1) is 12.2. The van der Waals surface area contributed by atoms with Gasteiger partial charge in [0.2, 0.25) is 0 Å². The van der Waals surface area contributed by atoms with E-state index < -0.39 is 11.6 Å². The number of benzene rings is 1. The Morgan fingerprint density at radius 1 is 1.31 bits per heavy atom. The minimum absolute atomic E-state index is 0.0256. The van der Waals surface area contributed by atoms with Crippen molar-refractivity contribution in [2.75, 3.05) is 6.54 Å². The summed E-state index contributed by atoms with van der Waals surface area (Å²) >= 11 is 0. The third-order valence-electron chi connectivity index (χ3n) is 2.02. The van der Waals surface area contributed by atoms with Gasteiger partial charge in [-0.05, 0) is 12.1 Å². The molecule has 82 valence electrons. The average Bonchev–Trinajstić information content (AvgIpc) is 2.26. The van der Waals surface area contributed by atoms with Crippen LogP contribution < -0.4 is 5.32 Å². The predicted molar refractivity (Wildman–Crippen MR) is 56.2 cm³/mol. The van der Waals surface area contributed by atoms with E-state index in [1.807, 2.05) is 0 Å². The molecule has 0 bridgehead atoms. The standard InChI is InChI=1S/C12H10F2N2/c1-2-3-4-16-8-10-11(13)5-9(7-15)6-12(10)14/h1,5-6,16H,3-4,8H2. The van der Waals surface area contributed by atoms with E-state index in [2.05, 4.69) is 11.2 Å². The van der Waals surface area contributed by atoms with Gasteiger partial charge in [-0.15, -0.1) is 12.3 Å². The zero-order chi connectivity index (χ0) is 12.0. The highest BCUT2D eigenvalue weighted by atomic mass is 19.1. The Labute approximate surface area is 92.9 Å². The SMILES string of the molecule is C#CCCNCc1c(F)cc(C#N)cc1F. The molecule has 0 unspecified atom stereocenters. The van der Waals surface area contributed by atoms with E-state index in [4.69, 9.17) is 11.7 Å². The largest absolute Gasteiger partial charge is 0.312 e. The topological polar surface area (TPSA) is 35.8 Å². The van der Waals surface area contributed by atoms with E-state index in [0.29, 0.717) is 13.0 Å². The highest BCUT2D eigenvalue weighted by molar-refractivity contribution is 5.34. The first-order valence-corrected chi connectivity index (χ1v) is 4.71. The maximum Gasteiger partial charge on any atom is 0.131 e. The van der Waals surface area contributed by atoms with Gasteiger partial charge in [-0.1, -0.05) is 0 Å². The van der Waals surface area contributed by atoms with Crippen LogP contribution in [0.4, 0.5) is 8.78 Å². The van der Waals surface area contributed by atoms with E-state index in [1.54, 1.807) is 6.07 Å². The fraction of sp³-hybridized carbons (Fsp3) is 0.250. The Hall–Kier alpha value is -1.91. The molecule has 2 nitrogen and oxygen atoms in total. The van der Waals surface area contributed by atoms with Crippen molar-refractivity contribution >= 4 is 0 Å². The first-order chi connectivity index (χ1) is 7.69. The summed E-state index contributed by atoms with van der Waals surface area (Å²) < 4.78 is 26.7. The Kier molecular flexibility index (Phi) is 4.44. The minimum atomic E-state index is -0.718. The summed E-state index contributed by atoms with van der Waals surface area (Å²) in [7, 11) is 0. The molecule has 0 spiro atoms. The molecule has 0 saturated heterocycles. The Bertz CT molecular complexity index is 432. The van der Waals surface area contributed by atoms with E-state index in [-0.39, 0.29) is 17.7 Å². The highest BCUT2D eigenvalue weighted by Crippen LogP contribution is 2.14. The molecule has 16 heavy (non-hydrogen) atoms. The van der Waals surface area contributed by atoms with E-state index in [0.717, 1.165) is 12.1 Å². The van der Waals surface area contributed by atoms with Gasteiger partial charge in [0.1, 0.15) is 11.6 Å². The maximum atomic E-state index is 13.3. The van der Waals surface area contributed by atoms with Gasteiger partial charge in [0.25, 0.3) is 0 Å². The van der Waals surface area contributed by atoms with Gasteiger partial charge in [0, 0.05) is 25.1 Å². The van der Waals surface area contributed by atoms with Crippen molar-refractivity contribution in [3.05, 3.63) is 34.9 Å². The number of rotatable bonds is 4. The highest BCUT2D eigenvalue weighted by Gasteiger charge is 2.10. The van der Waals surface area contributed by atoms with E-state index in [1.165, 1.54) is 0 Å². The lowest BCUT2D eigenvalue weighted by atomic mass is 10.1. The van der Waals surface area contributed by atoms with Crippen molar-refractivity contribution in [3.8, 4) is 18.4 Å². The van der Waals surface area contributed by atoms with E-state index in [9.17, 15) is 8.78 Å². The molecule has 0 aliphatic rings. The number of nitrogens with one attached hydrogen (secondary N) is 1. The van der Waals surface area contributed by atoms with Crippen LogP contribution in [-0.4, -0.2) is 6.54 Å². The summed E-state index contributed by atoms with van der Waals surface area (Å²) in [6.07, 6.45) is 5.53. The lowest BCUT2D eigenvalue weighted by molar-refractivity contribution is 0.537. The van der Waals surface area contributed by atoms with Crippen molar-refractivity contribution in [3.63, 3.8) is 0 Å². The quantitative estimate of drug-likeness (QED) is 0.621. The lowest BCUT2D eigenvalue weighted by Crippen LogP contribution is -2.16. The Morgan fingerprint density at radius 2 is 1.94 bits per heavy atom. The fourth-order valence-electron chi connectivity index (χ4n) is 1.21. The molecule has 1 N–H and O–H groups in total. The third-order valence-corrected chi connectivity index (χ3v) is 2.02. The van der Waals surface area contributed by atoms with Crippen molar-refractivity contribution in [2.24, 2.45) is 0 Å².